The summed E-state index contributed by atoms with van der Waals surface area (Å²) >= 11 is 0. The number of aliphatic carboxylic acids is 1. The van der Waals surface area contributed by atoms with Crippen molar-refractivity contribution in [1.82, 2.24) is 5.32 Å². The Balaban J connectivity index is 2.22. The molecule has 0 heterocycles. The molecule has 0 spiro atoms. The Hall–Kier alpha value is -1.84. The number of hydrogen-bond acceptors (Lipinski definition) is 2. The van der Waals surface area contributed by atoms with E-state index in [1.54, 1.807) is 6.07 Å². The first-order valence-electron chi connectivity index (χ1n) is 6.60. The molecule has 102 valence electrons. The smallest absolute Gasteiger partial charge is 0.330 e. The minimum absolute atomic E-state index is 0.00744. The Morgan fingerprint density at radius 3 is 2.53 bits per heavy atom. The van der Waals surface area contributed by atoms with E-state index >= 15 is 0 Å². The van der Waals surface area contributed by atoms with Crippen LogP contribution in [0.25, 0.3) is 0 Å². The van der Waals surface area contributed by atoms with E-state index in [4.69, 9.17) is 0 Å². The molecule has 1 atom stereocenters. The zero-order valence-corrected chi connectivity index (χ0v) is 11.3. The van der Waals surface area contributed by atoms with Gasteiger partial charge in [-0.1, -0.05) is 24.6 Å². The van der Waals surface area contributed by atoms with Gasteiger partial charge in [-0.2, -0.15) is 0 Å². The number of carbonyl (C=O) groups is 2. The molecule has 1 aliphatic carbocycles. The van der Waals surface area contributed by atoms with Crippen molar-refractivity contribution in [3.05, 3.63) is 34.9 Å². The van der Waals surface area contributed by atoms with E-state index in [1.165, 1.54) is 0 Å². The Morgan fingerprint density at radius 1 is 1.32 bits per heavy atom. The van der Waals surface area contributed by atoms with E-state index in [2.05, 4.69) is 5.32 Å². The highest BCUT2D eigenvalue weighted by Crippen LogP contribution is 2.28. The molecule has 1 amide bonds. The average Bonchev–Trinajstić information content (AvgIpc) is 2.27. The Morgan fingerprint density at radius 2 is 2.00 bits per heavy atom. The molecule has 19 heavy (non-hydrogen) atoms. The van der Waals surface area contributed by atoms with Crippen molar-refractivity contribution in [2.45, 2.75) is 39.2 Å². The largest absolute Gasteiger partial charge is 0.479 e. The predicted molar refractivity (Wildman–Crippen MR) is 71.8 cm³/mol. The van der Waals surface area contributed by atoms with Crippen LogP contribution in [0.5, 0.6) is 0 Å². The maximum atomic E-state index is 11.9. The van der Waals surface area contributed by atoms with Crippen LogP contribution in [-0.4, -0.2) is 17.0 Å². The van der Waals surface area contributed by atoms with Crippen LogP contribution in [0, 0.1) is 19.8 Å². The molecule has 2 rings (SSSR count). The van der Waals surface area contributed by atoms with Gasteiger partial charge in [0.2, 0.25) is 5.91 Å². The summed E-state index contributed by atoms with van der Waals surface area (Å²) in [5.74, 6) is -1.16. The second-order valence-corrected chi connectivity index (χ2v) is 5.20. The predicted octanol–water partition coefficient (Wildman–Crippen LogP) is 2.35. The summed E-state index contributed by atoms with van der Waals surface area (Å²) in [6.07, 6.45) is 2.79. The Labute approximate surface area is 112 Å². The SMILES string of the molecule is Cc1cccc(C(NC(=O)C2CCC2)C(=O)O)c1C. The summed E-state index contributed by atoms with van der Waals surface area (Å²) in [5.41, 5.74) is 2.62. The fourth-order valence-electron chi connectivity index (χ4n) is 2.29. The van der Waals surface area contributed by atoms with Crippen LogP contribution >= 0.6 is 0 Å². The van der Waals surface area contributed by atoms with Crippen LogP contribution < -0.4 is 5.32 Å². The van der Waals surface area contributed by atoms with Crippen molar-refractivity contribution in [2.75, 3.05) is 0 Å². The third-order valence-electron chi connectivity index (χ3n) is 3.97. The second-order valence-electron chi connectivity index (χ2n) is 5.20. The molecule has 1 unspecified atom stereocenters. The highest BCUT2D eigenvalue weighted by Gasteiger charge is 2.30. The first-order chi connectivity index (χ1) is 9.00. The molecule has 1 aliphatic rings. The number of amides is 1. The maximum Gasteiger partial charge on any atom is 0.330 e. The fourth-order valence-corrected chi connectivity index (χ4v) is 2.29. The number of benzene rings is 1. The van der Waals surface area contributed by atoms with Crippen molar-refractivity contribution in [2.24, 2.45) is 5.92 Å². The first-order valence-corrected chi connectivity index (χ1v) is 6.60. The van der Waals surface area contributed by atoms with Crippen molar-refractivity contribution in [3.63, 3.8) is 0 Å². The van der Waals surface area contributed by atoms with E-state index < -0.39 is 12.0 Å². The van der Waals surface area contributed by atoms with Crippen LogP contribution in [-0.2, 0) is 9.59 Å². The highest BCUT2D eigenvalue weighted by molar-refractivity contribution is 5.86. The molecule has 2 N–H and O–H groups in total. The lowest BCUT2D eigenvalue weighted by molar-refractivity contribution is -0.143. The highest BCUT2D eigenvalue weighted by atomic mass is 16.4. The standard InChI is InChI=1S/C15H19NO3/c1-9-5-3-8-12(10(9)2)13(15(18)19)16-14(17)11-6-4-7-11/h3,5,8,11,13H,4,6-7H2,1-2H3,(H,16,17)(H,18,19). The summed E-state index contributed by atoms with van der Waals surface area (Å²) in [7, 11) is 0. The minimum Gasteiger partial charge on any atom is -0.479 e. The van der Waals surface area contributed by atoms with Crippen molar-refractivity contribution in [1.29, 1.82) is 0 Å². The summed E-state index contributed by atoms with van der Waals surface area (Å²) in [4.78, 5) is 23.3. The quantitative estimate of drug-likeness (QED) is 0.874. The van der Waals surface area contributed by atoms with Crippen LogP contribution in [0.2, 0.25) is 0 Å². The third kappa shape index (κ3) is 2.78. The van der Waals surface area contributed by atoms with Crippen LogP contribution in [0.3, 0.4) is 0 Å². The van der Waals surface area contributed by atoms with Crippen molar-refractivity contribution < 1.29 is 14.7 Å². The van der Waals surface area contributed by atoms with Gasteiger partial charge in [0, 0.05) is 5.92 Å². The fraction of sp³-hybridized carbons (Fsp3) is 0.467. The van der Waals surface area contributed by atoms with Gasteiger partial charge in [0.05, 0.1) is 0 Å². The molecule has 0 aromatic heterocycles. The maximum absolute atomic E-state index is 11.9. The summed E-state index contributed by atoms with van der Waals surface area (Å²) < 4.78 is 0. The summed E-state index contributed by atoms with van der Waals surface area (Å²) in [5, 5.41) is 12.0. The second kappa shape index (κ2) is 5.43. The summed E-state index contributed by atoms with van der Waals surface area (Å²) in [6, 6.07) is 4.57. The monoisotopic (exact) mass is 261 g/mol. The van der Waals surface area contributed by atoms with Gasteiger partial charge in [0.15, 0.2) is 6.04 Å². The average molecular weight is 261 g/mol. The third-order valence-corrected chi connectivity index (χ3v) is 3.97. The summed E-state index contributed by atoms with van der Waals surface area (Å²) in [6.45, 7) is 3.82. The lowest BCUT2D eigenvalue weighted by Gasteiger charge is -2.26. The van der Waals surface area contributed by atoms with Crippen LogP contribution in [0.1, 0.15) is 42.0 Å². The van der Waals surface area contributed by atoms with Gasteiger partial charge in [-0.3, -0.25) is 4.79 Å². The molecule has 1 aromatic carbocycles. The molecule has 0 bridgehead atoms. The molecule has 0 aliphatic heterocycles. The normalized spacial score (nSPS) is 16.5. The Kier molecular flexibility index (Phi) is 3.88. The number of carboxylic acid groups (broad SMARTS) is 1. The molecular formula is C15H19NO3. The molecule has 0 saturated heterocycles. The molecule has 4 nitrogen and oxygen atoms in total. The van der Waals surface area contributed by atoms with Crippen LogP contribution in [0.15, 0.2) is 18.2 Å². The van der Waals surface area contributed by atoms with Gasteiger partial charge in [0.25, 0.3) is 0 Å². The van der Waals surface area contributed by atoms with E-state index in [-0.39, 0.29) is 11.8 Å². The number of nitrogens with one attached hydrogen (secondary N) is 1. The van der Waals surface area contributed by atoms with Gasteiger partial charge >= 0.3 is 5.97 Å². The molecule has 1 aromatic rings. The molecule has 4 heteroatoms. The van der Waals surface area contributed by atoms with E-state index in [0.717, 1.165) is 30.4 Å². The van der Waals surface area contributed by atoms with E-state index in [1.807, 2.05) is 26.0 Å². The molecule has 1 saturated carbocycles. The van der Waals surface area contributed by atoms with E-state index in [0.29, 0.717) is 5.56 Å². The number of aryl methyl sites for hydroxylation is 1. The van der Waals surface area contributed by atoms with Gasteiger partial charge in [0.1, 0.15) is 0 Å². The van der Waals surface area contributed by atoms with Crippen LogP contribution in [0.4, 0.5) is 0 Å². The number of carboxylic acids is 1. The topological polar surface area (TPSA) is 66.4 Å². The van der Waals surface area contributed by atoms with Gasteiger partial charge in [-0.15, -0.1) is 0 Å². The molecular weight excluding hydrogens is 242 g/mol. The van der Waals surface area contributed by atoms with Gasteiger partial charge in [-0.25, -0.2) is 4.79 Å². The zero-order chi connectivity index (χ0) is 14.0. The van der Waals surface area contributed by atoms with Crippen molar-refractivity contribution >= 4 is 11.9 Å². The lowest BCUT2D eigenvalue weighted by atomic mass is 9.84. The van der Waals surface area contributed by atoms with Gasteiger partial charge in [-0.05, 0) is 43.4 Å². The van der Waals surface area contributed by atoms with Crippen molar-refractivity contribution in [3.8, 4) is 0 Å². The molecule has 1 fully saturated rings. The minimum atomic E-state index is -1.01. The number of carbonyl (C=O) groups excluding carboxylic acids is 1. The zero-order valence-electron chi connectivity index (χ0n) is 11.3. The Bertz CT molecular complexity index is 506. The van der Waals surface area contributed by atoms with Gasteiger partial charge < -0.3 is 10.4 Å². The van der Waals surface area contributed by atoms with E-state index in [9.17, 15) is 14.7 Å². The first kappa shape index (κ1) is 13.6. The molecule has 0 radical (unpaired) electrons. The lowest BCUT2D eigenvalue weighted by Crippen LogP contribution is -2.40. The number of hydrogen-bond donors (Lipinski definition) is 2. The number of rotatable bonds is 4.